The third-order valence-electron chi connectivity index (χ3n) is 3.79. The van der Waals surface area contributed by atoms with E-state index < -0.39 is 5.97 Å². The smallest absolute Gasteiger partial charge is 0.329 e. The Hall–Kier alpha value is -0.690. The number of nitrogens with zero attached hydrogens (tertiary/aromatic N) is 2. The molecule has 2 saturated heterocycles. The predicted molar refractivity (Wildman–Crippen MR) is 70.3 cm³/mol. The zero-order chi connectivity index (χ0) is 13.9. The molecule has 6 nitrogen and oxygen atoms in total. The van der Waals surface area contributed by atoms with Crippen LogP contribution < -0.4 is 0 Å². The molecule has 6 heteroatoms. The summed E-state index contributed by atoms with van der Waals surface area (Å²) >= 11 is 0. The molecule has 0 amide bonds. The number of carbonyl (C=O) groups is 1. The normalized spacial score (nSPS) is 28.0. The summed E-state index contributed by atoms with van der Waals surface area (Å²) in [7, 11) is 0. The van der Waals surface area contributed by atoms with Crippen molar-refractivity contribution >= 4 is 5.97 Å². The van der Waals surface area contributed by atoms with E-state index in [9.17, 15) is 4.79 Å². The zero-order valence-corrected chi connectivity index (χ0v) is 11.8. The maximum atomic E-state index is 10.5. The van der Waals surface area contributed by atoms with Crippen LogP contribution in [0, 0.1) is 0 Å². The molecule has 0 bridgehead atoms. The fourth-order valence-corrected chi connectivity index (χ4v) is 2.82. The van der Waals surface area contributed by atoms with E-state index in [1.54, 1.807) is 0 Å². The van der Waals surface area contributed by atoms with Gasteiger partial charge in [-0.15, -0.1) is 0 Å². The Morgan fingerprint density at radius 3 is 2.84 bits per heavy atom. The van der Waals surface area contributed by atoms with E-state index in [0.29, 0.717) is 0 Å². The van der Waals surface area contributed by atoms with Crippen molar-refractivity contribution < 1.29 is 19.4 Å². The van der Waals surface area contributed by atoms with Crippen molar-refractivity contribution in [2.75, 3.05) is 52.5 Å². The second-order valence-corrected chi connectivity index (χ2v) is 5.69. The Bertz CT molecular complexity index is 318. The molecule has 1 atom stereocenters. The molecule has 110 valence electrons. The number of likely N-dealkylation sites (tertiary alicyclic amines) is 1. The second kappa shape index (κ2) is 6.17. The number of rotatable bonds is 6. The minimum absolute atomic E-state index is 0.214. The quantitative estimate of drug-likeness (QED) is 0.727. The fraction of sp³-hybridized carbons (Fsp3) is 0.923. The predicted octanol–water partition coefficient (Wildman–Crippen LogP) is -0.117. The van der Waals surface area contributed by atoms with Gasteiger partial charge >= 0.3 is 5.97 Å². The molecule has 0 aromatic heterocycles. The highest BCUT2D eigenvalue weighted by atomic mass is 16.5. The van der Waals surface area contributed by atoms with Crippen molar-refractivity contribution in [1.82, 2.24) is 9.80 Å². The molecule has 0 saturated carbocycles. The van der Waals surface area contributed by atoms with Gasteiger partial charge in [-0.05, 0) is 13.5 Å². The fourth-order valence-electron chi connectivity index (χ4n) is 2.82. The highest BCUT2D eigenvalue weighted by molar-refractivity contribution is 5.68. The van der Waals surface area contributed by atoms with Crippen LogP contribution in [-0.2, 0) is 14.3 Å². The molecular weight excluding hydrogens is 248 g/mol. The minimum Gasteiger partial charge on any atom is -0.480 e. The number of aliphatic carboxylic acids is 1. The first kappa shape index (κ1) is 14.7. The molecule has 2 aliphatic heterocycles. The number of likely N-dealkylation sites (N-methyl/N-ethyl adjacent to an activating group) is 1. The van der Waals surface area contributed by atoms with Crippen LogP contribution in [0.25, 0.3) is 0 Å². The van der Waals surface area contributed by atoms with E-state index >= 15 is 0 Å². The van der Waals surface area contributed by atoms with Crippen molar-refractivity contribution in [2.24, 2.45) is 0 Å². The lowest BCUT2D eigenvalue weighted by atomic mass is 9.96. The first-order chi connectivity index (χ1) is 9.00. The van der Waals surface area contributed by atoms with Gasteiger partial charge in [-0.25, -0.2) is 4.79 Å². The lowest BCUT2D eigenvalue weighted by Crippen LogP contribution is -2.64. The van der Waals surface area contributed by atoms with Gasteiger partial charge in [0.1, 0.15) is 6.61 Å². The lowest BCUT2D eigenvalue weighted by molar-refractivity contribution is -0.169. The summed E-state index contributed by atoms with van der Waals surface area (Å²) in [5.41, 5.74) is -0.308. The van der Waals surface area contributed by atoms with Gasteiger partial charge in [0.15, 0.2) is 0 Å². The monoisotopic (exact) mass is 272 g/mol. The molecule has 2 aliphatic rings. The summed E-state index contributed by atoms with van der Waals surface area (Å²) in [5, 5.41) is 8.62. The summed E-state index contributed by atoms with van der Waals surface area (Å²) in [4.78, 5) is 15.2. The third kappa shape index (κ3) is 4.14. The zero-order valence-electron chi connectivity index (χ0n) is 11.8. The van der Waals surface area contributed by atoms with Crippen LogP contribution in [0.3, 0.4) is 0 Å². The average Bonchev–Trinajstić information content (AvgIpc) is 2.35. The topological polar surface area (TPSA) is 62.2 Å². The number of hydrogen-bond donors (Lipinski definition) is 1. The van der Waals surface area contributed by atoms with E-state index in [1.807, 2.05) is 6.92 Å². The van der Waals surface area contributed by atoms with Crippen LogP contribution in [0.2, 0.25) is 0 Å². The highest BCUT2D eigenvalue weighted by Crippen LogP contribution is 2.25. The molecule has 0 aliphatic carbocycles. The van der Waals surface area contributed by atoms with Crippen molar-refractivity contribution in [3.63, 3.8) is 0 Å². The standard InChI is InChI=1S/C13H24N2O4/c1-3-14-4-5-18-11(6-14)7-15-9-13(2,10-15)19-8-12(16)17/h11H,3-10H2,1-2H3,(H,16,17). The van der Waals surface area contributed by atoms with Gasteiger partial charge in [0.2, 0.25) is 0 Å². The molecule has 0 aromatic rings. The summed E-state index contributed by atoms with van der Waals surface area (Å²) in [5.74, 6) is -0.908. The Morgan fingerprint density at radius 1 is 1.47 bits per heavy atom. The summed E-state index contributed by atoms with van der Waals surface area (Å²) in [6.45, 7) is 10.3. The van der Waals surface area contributed by atoms with Crippen molar-refractivity contribution in [3.05, 3.63) is 0 Å². The molecule has 1 unspecified atom stereocenters. The van der Waals surface area contributed by atoms with Gasteiger partial charge in [-0.1, -0.05) is 6.92 Å². The molecule has 1 N–H and O–H groups in total. The molecule has 2 heterocycles. The van der Waals surface area contributed by atoms with Gasteiger partial charge in [0, 0.05) is 32.7 Å². The molecule has 0 aromatic carbocycles. The first-order valence-corrected chi connectivity index (χ1v) is 6.93. The van der Waals surface area contributed by atoms with Crippen molar-refractivity contribution in [1.29, 1.82) is 0 Å². The number of morpholine rings is 1. The Labute approximate surface area is 114 Å². The van der Waals surface area contributed by atoms with Crippen molar-refractivity contribution in [3.8, 4) is 0 Å². The number of carboxylic acid groups (broad SMARTS) is 1. The lowest BCUT2D eigenvalue weighted by Gasteiger charge is -2.49. The van der Waals surface area contributed by atoms with Gasteiger partial charge < -0.3 is 14.6 Å². The van der Waals surface area contributed by atoms with Gasteiger partial charge in [-0.2, -0.15) is 0 Å². The maximum absolute atomic E-state index is 10.5. The second-order valence-electron chi connectivity index (χ2n) is 5.69. The molecule has 19 heavy (non-hydrogen) atoms. The van der Waals surface area contributed by atoms with Gasteiger partial charge in [-0.3, -0.25) is 9.80 Å². The Morgan fingerprint density at radius 2 is 2.21 bits per heavy atom. The van der Waals surface area contributed by atoms with Gasteiger partial charge in [0.05, 0.1) is 18.3 Å². The largest absolute Gasteiger partial charge is 0.480 e. The molecule has 0 radical (unpaired) electrons. The van der Waals surface area contributed by atoms with Crippen LogP contribution in [-0.4, -0.2) is 85.1 Å². The van der Waals surface area contributed by atoms with E-state index in [0.717, 1.165) is 45.9 Å². The molecule has 2 rings (SSSR count). The van der Waals surface area contributed by atoms with Crippen LogP contribution in [0.1, 0.15) is 13.8 Å². The Kier molecular flexibility index (Phi) is 4.78. The molecule has 2 fully saturated rings. The van der Waals surface area contributed by atoms with Crippen LogP contribution in [0.15, 0.2) is 0 Å². The van der Waals surface area contributed by atoms with Crippen LogP contribution >= 0.6 is 0 Å². The average molecular weight is 272 g/mol. The minimum atomic E-state index is -0.908. The summed E-state index contributed by atoms with van der Waals surface area (Å²) in [6, 6.07) is 0. The van der Waals surface area contributed by atoms with Gasteiger partial charge in [0.25, 0.3) is 0 Å². The van der Waals surface area contributed by atoms with Crippen LogP contribution in [0.4, 0.5) is 0 Å². The SMILES string of the molecule is CCN1CCOC(CN2CC(C)(OCC(=O)O)C2)C1. The van der Waals surface area contributed by atoms with E-state index in [-0.39, 0.29) is 18.3 Å². The Balaban J connectivity index is 1.68. The first-order valence-electron chi connectivity index (χ1n) is 6.93. The van der Waals surface area contributed by atoms with E-state index in [4.69, 9.17) is 14.6 Å². The van der Waals surface area contributed by atoms with Crippen LogP contribution in [0.5, 0.6) is 0 Å². The summed E-state index contributed by atoms with van der Waals surface area (Å²) < 4.78 is 11.2. The molecular formula is C13H24N2O4. The highest BCUT2D eigenvalue weighted by Gasteiger charge is 2.41. The number of hydrogen-bond acceptors (Lipinski definition) is 5. The number of ether oxygens (including phenoxy) is 2. The maximum Gasteiger partial charge on any atom is 0.329 e. The van der Waals surface area contributed by atoms with Crippen molar-refractivity contribution in [2.45, 2.75) is 25.6 Å². The van der Waals surface area contributed by atoms with E-state index in [1.165, 1.54) is 0 Å². The van der Waals surface area contributed by atoms with E-state index in [2.05, 4.69) is 16.7 Å². The summed E-state index contributed by atoms with van der Waals surface area (Å²) in [6.07, 6.45) is 0.262. The third-order valence-corrected chi connectivity index (χ3v) is 3.79. The number of carboxylic acids is 1. The molecule has 0 spiro atoms.